The highest BCUT2D eigenvalue weighted by atomic mass is 35.5. The number of allylic oxidation sites excluding steroid dienone is 1. The summed E-state index contributed by atoms with van der Waals surface area (Å²) in [5, 5.41) is 13.4. The fourth-order valence-corrected chi connectivity index (χ4v) is 1.68. The SMILES string of the molecule is CC(C)=CC(=O)NC(C)C(O)c1ccc(Cl)cc1. The molecule has 4 heteroatoms. The van der Waals surface area contributed by atoms with E-state index in [4.69, 9.17) is 11.6 Å². The Hall–Kier alpha value is -1.32. The minimum absolute atomic E-state index is 0.199. The van der Waals surface area contributed by atoms with E-state index < -0.39 is 6.10 Å². The quantitative estimate of drug-likeness (QED) is 0.824. The number of aliphatic hydroxyl groups excluding tert-OH is 1. The molecule has 98 valence electrons. The van der Waals surface area contributed by atoms with Gasteiger partial charge < -0.3 is 10.4 Å². The number of carbonyl (C=O) groups excluding carboxylic acids is 1. The zero-order chi connectivity index (χ0) is 13.7. The van der Waals surface area contributed by atoms with Crippen LogP contribution >= 0.6 is 11.6 Å². The summed E-state index contributed by atoms with van der Waals surface area (Å²) in [6.07, 6.45) is 0.752. The van der Waals surface area contributed by atoms with E-state index in [-0.39, 0.29) is 11.9 Å². The van der Waals surface area contributed by atoms with Crippen LogP contribution in [-0.4, -0.2) is 17.1 Å². The van der Waals surface area contributed by atoms with Crippen molar-refractivity contribution in [3.8, 4) is 0 Å². The predicted molar refractivity (Wildman–Crippen MR) is 73.4 cm³/mol. The second kappa shape index (κ2) is 6.57. The monoisotopic (exact) mass is 267 g/mol. The number of benzene rings is 1. The standard InChI is InChI=1S/C14H18ClNO2/c1-9(2)8-13(17)16-10(3)14(18)11-4-6-12(15)7-5-11/h4-8,10,14,18H,1-3H3,(H,16,17). The largest absolute Gasteiger partial charge is 0.386 e. The molecule has 0 aromatic heterocycles. The van der Waals surface area contributed by atoms with Crippen molar-refractivity contribution in [3.63, 3.8) is 0 Å². The summed E-state index contributed by atoms with van der Waals surface area (Å²) >= 11 is 5.78. The van der Waals surface area contributed by atoms with Gasteiger partial charge >= 0.3 is 0 Å². The maximum absolute atomic E-state index is 11.5. The molecule has 0 spiro atoms. The molecule has 1 aromatic carbocycles. The Kier molecular flexibility index (Phi) is 5.38. The van der Waals surface area contributed by atoms with Gasteiger partial charge in [0.15, 0.2) is 0 Å². The molecule has 2 N–H and O–H groups in total. The summed E-state index contributed by atoms with van der Waals surface area (Å²) in [4.78, 5) is 11.5. The third-order valence-electron chi connectivity index (χ3n) is 2.47. The van der Waals surface area contributed by atoms with Gasteiger partial charge in [0.05, 0.1) is 12.1 Å². The average molecular weight is 268 g/mol. The molecule has 0 bridgehead atoms. The van der Waals surface area contributed by atoms with Crippen LogP contribution in [0.15, 0.2) is 35.9 Å². The minimum Gasteiger partial charge on any atom is -0.386 e. The maximum atomic E-state index is 11.5. The molecule has 0 aliphatic carbocycles. The Morgan fingerprint density at radius 3 is 2.39 bits per heavy atom. The Morgan fingerprint density at radius 1 is 1.33 bits per heavy atom. The molecule has 1 aromatic rings. The van der Waals surface area contributed by atoms with Gasteiger partial charge in [-0.3, -0.25) is 4.79 Å². The minimum atomic E-state index is -0.753. The van der Waals surface area contributed by atoms with Gasteiger partial charge in [-0.25, -0.2) is 0 Å². The topological polar surface area (TPSA) is 49.3 Å². The van der Waals surface area contributed by atoms with Gasteiger partial charge in [-0.1, -0.05) is 29.3 Å². The Labute approximate surface area is 112 Å². The van der Waals surface area contributed by atoms with E-state index in [1.54, 1.807) is 31.2 Å². The summed E-state index contributed by atoms with van der Waals surface area (Å²) in [5.41, 5.74) is 1.64. The molecule has 1 rings (SSSR count). The highest BCUT2D eigenvalue weighted by Gasteiger charge is 2.17. The third-order valence-corrected chi connectivity index (χ3v) is 2.73. The van der Waals surface area contributed by atoms with Gasteiger partial charge in [-0.2, -0.15) is 0 Å². The molecule has 0 radical (unpaired) electrons. The third kappa shape index (κ3) is 4.51. The first kappa shape index (κ1) is 14.7. The molecule has 2 atom stereocenters. The molecule has 0 fully saturated rings. The molecule has 0 aliphatic rings. The van der Waals surface area contributed by atoms with Crippen molar-refractivity contribution in [2.45, 2.75) is 32.9 Å². The van der Waals surface area contributed by atoms with E-state index in [1.165, 1.54) is 6.08 Å². The predicted octanol–water partition coefficient (Wildman–Crippen LogP) is 2.84. The summed E-state index contributed by atoms with van der Waals surface area (Å²) in [7, 11) is 0. The molecular weight excluding hydrogens is 250 g/mol. The van der Waals surface area contributed by atoms with E-state index in [0.29, 0.717) is 5.02 Å². The number of rotatable bonds is 4. The first-order valence-corrected chi connectivity index (χ1v) is 6.17. The normalized spacial score (nSPS) is 13.6. The first-order chi connectivity index (χ1) is 8.40. The lowest BCUT2D eigenvalue weighted by Gasteiger charge is -2.20. The van der Waals surface area contributed by atoms with Crippen LogP contribution in [0.25, 0.3) is 0 Å². The second-order valence-electron chi connectivity index (χ2n) is 4.52. The molecule has 0 saturated heterocycles. The highest BCUT2D eigenvalue weighted by Crippen LogP contribution is 2.19. The summed E-state index contributed by atoms with van der Waals surface area (Å²) in [6.45, 7) is 5.45. The molecule has 3 nitrogen and oxygen atoms in total. The van der Waals surface area contributed by atoms with Crippen LogP contribution < -0.4 is 5.32 Å². The number of amides is 1. The van der Waals surface area contributed by atoms with Crippen molar-refractivity contribution in [2.24, 2.45) is 0 Å². The number of hydrogen-bond acceptors (Lipinski definition) is 2. The first-order valence-electron chi connectivity index (χ1n) is 5.79. The van der Waals surface area contributed by atoms with Crippen molar-refractivity contribution in [1.82, 2.24) is 5.32 Å². The smallest absolute Gasteiger partial charge is 0.244 e. The number of halogens is 1. The summed E-state index contributed by atoms with van der Waals surface area (Å²) in [5.74, 6) is -0.199. The lowest BCUT2D eigenvalue weighted by Crippen LogP contribution is -2.36. The van der Waals surface area contributed by atoms with Gasteiger partial charge in [-0.05, 0) is 38.5 Å². The Balaban J connectivity index is 2.66. The molecule has 1 amide bonds. The van der Waals surface area contributed by atoms with E-state index in [0.717, 1.165) is 11.1 Å². The van der Waals surface area contributed by atoms with Crippen molar-refractivity contribution >= 4 is 17.5 Å². The summed E-state index contributed by atoms with van der Waals surface area (Å²) < 4.78 is 0. The molecule has 0 heterocycles. The summed E-state index contributed by atoms with van der Waals surface area (Å²) in [6, 6.07) is 6.55. The van der Waals surface area contributed by atoms with Gasteiger partial charge in [0, 0.05) is 11.1 Å². The van der Waals surface area contributed by atoms with Crippen LogP contribution in [0.2, 0.25) is 5.02 Å². The number of hydrogen-bond donors (Lipinski definition) is 2. The van der Waals surface area contributed by atoms with E-state index in [1.807, 2.05) is 13.8 Å². The number of carbonyl (C=O) groups is 1. The zero-order valence-corrected chi connectivity index (χ0v) is 11.5. The van der Waals surface area contributed by atoms with Crippen molar-refractivity contribution < 1.29 is 9.90 Å². The van der Waals surface area contributed by atoms with E-state index >= 15 is 0 Å². The maximum Gasteiger partial charge on any atom is 0.244 e. The number of nitrogens with one attached hydrogen (secondary N) is 1. The van der Waals surface area contributed by atoms with Gasteiger partial charge in [-0.15, -0.1) is 0 Å². The van der Waals surface area contributed by atoms with Crippen molar-refractivity contribution in [2.75, 3.05) is 0 Å². The number of aliphatic hydroxyl groups is 1. The molecular formula is C14H18ClNO2. The lowest BCUT2D eigenvalue weighted by molar-refractivity contribution is -0.117. The van der Waals surface area contributed by atoms with Crippen molar-refractivity contribution in [3.05, 3.63) is 46.5 Å². The van der Waals surface area contributed by atoms with Gasteiger partial charge in [0.2, 0.25) is 5.91 Å². The van der Waals surface area contributed by atoms with Crippen LogP contribution in [0.4, 0.5) is 0 Å². The Bertz CT molecular complexity index is 436. The molecule has 2 unspecified atom stereocenters. The highest BCUT2D eigenvalue weighted by molar-refractivity contribution is 6.30. The lowest BCUT2D eigenvalue weighted by atomic mass is 10.0. The van der Waals surface area contributed by atoms with E-state index in [9.17, 15) is 9.90 Å². The van der Waals surface area contributed by atoms with Crippen LogP contribution in [0.1, 0.15) is 32.4 Å². The molecule has 18 heavy (non-hydrogen) atoms. The Morgan fingerprint density at radius 2 is 1.89 bits per heavy atom. The average Bonchev–Trinajstić information content (AvgIpc) is 2.27. The van der Waals surface area contributed by atoms with E-state index in [2.05, 4.69) is 5.32 Å². The fraction of sp³-hybridized carbons (Fsp3) is 0.357. The molecule has 0 aliphatic heterocycles. The van der Waals surface area contributed by atoms with Gasteiger partial charge in [0.25, 0.3) is 0 Å². The van der Waals surface area contributed by atoms with Crippen molar-refractivity contribution in [1.29, 1.82) is 0 Å². The second-order valence-corrected chi connectivity index (χ2v) is 4.95. The zero-order valence-electron chi connectivity index (χ0n) is 10.8. The van der Waals surface area contributed by atoms with Gasteiger partial charge in [0.1, 0.15) is 0 Å². The fourth-order valence-electron chi connectivity index (χ4n) is 1.56. The van der Waals surface area contributed by atoms with Crippen LogP contribution in [0.3, 0.4) is 0 Å². The molecule has 0 saturated carbocycles. The van der Waals surface area contributed by atoms with Crippen LogP contribution in [0, 0.1) is 0 Å². The van der Waals surface area contributed by atoms with Crippen LogP contribution in [-0.2, 0) is 4.79 Å². The van der Waals surface area contributed by atoms with Crippen LogP contribution in [0.5, 0.6) is 0 Å².